The van der Waals surface area contributed by atoms with Crippen molar-refractivity contribution in [3.05, 3.63) is 119 Å². The topological polar surface area (TPSA) is 218 Å². The van der Waals surface area contributed by atoms with Crippen LogP contribution >= 0.6 is 0 Å². The van der Waals surface area contributed by atoms with Crippen LogP contribution < -0.4 is 20.4 Å². The van der Waals surface area contributed by atoms with Gasteiger partial charge in [-0.15, -0.1) is 0 Å². The van der Waals surface area contributed by atoms with Gasteiger partial charge in [0.1, 0.15) is 0 Å². The molecule has 0 atom stereocenters. The van der Waals surface area contributed by atoms with Gasteiger partial charge in [0.05, 0.1) is 46.7 Å². The lowest BCUT2D eigenvalue weighted by molar-refractivity contribution is -0.256. The second-order valence-electron chi connectivity index (χ2n) is 12.4. The first-order valence-corrected chi connectivity index (χ1v) is 15.8. The Morgan fingerprint density at radius 2 is 0.673 bits per heavy atom. The highest BCUT2D eigenvalue weighted by Gasteiger charge is 2.21. The number of aromatic nitrogens is 4. The Hall–Kier alpha value is -7.60. The van der Waals surface area contributed by atoms with E-state index in [1.165, 1.54) is 48.5 Å². The molecule has 2 N–H and O–H groups in total. The molecule has 250 valence electrons. The Morgan fingerprint density at radius 1 is 0.365 bits per heavy atom. The molecule has 9 rings (SSSR count). The Labute approximate surface area is 290 Å². The normalized spacial score (nSPS) is 11.7. The van der Waals surface area contributed by atoms with Gasteiger partial charge < -0.3 is 49.6 Å². The molecule has 0 spiro atoms. The quantitative estimate of drug-likeness (QED) is 0.277. The number of carboxylic acids is 4. The van der Waals surface area contributed by atoms with Crippen LogP contribution in [0.15, 0.2) is 97.1 Å². The van der Waals surface area contributed by atoms with Crippen LogP contribution in [0.1, 0.15) is 41.4 Å². The molecule has 8 bridgehead atoms. The van der Waals surface area contributed by atoms with Crippen molar-refractivity contribution in [1.82, 2.24) is 19.9 Å². The van der Waals surface area contributed by atoms with Crippen LogP contribution in [0.4, 0.5) is 0 Å². The average molecular weight is 683 g/mol. The number of benzene rings is 4. The lowest BCUT2D eigenvalue weighted by Gasteiger charge is -2.05. The van der Waals surface area contributed by atoms with Crippen LogP contribution in [-0.4, -0.2) is 43.8 Å². The Kier molecular flexibility index (Phi) is 6.42. The molecule has 5 heterocycles. The highest BCUT2D eigenvalue weighted by molar-refractivity contribution is 6.12. The molecule has 0 aliphatic carbocycles. The van der Waals surface area contributed by atoms with Crippen LogP contribution in [0.5, 0.6) is 0 Å². The number of carbonyl (C=O) groups is 4. The van der Waals surface area contributed by atoms with E-state index in [-0.39, 0.29) is 22.3 Å². The zero-order valence-corrected chi connectivity index (χ0v) is 26.4. The van der Waals surface area contributed by atoms with Crippen molar-refractivity contribution in [3.8, 4) is 45.0 Å². The highest BCUT2D eigenvalue weighted by atomic mass is 16.4. The Morgan fingerprint density at radius 3 is 1.04 bits per heavy atom. The zero-order chi connectivity index (χ0) is 36.0. The van der Waals surface area contributed by atoms with E-state index < -0.39 is 23.9 Å². The first-order valence-electron chi connectivity index (χ1n) is 15.8. The van der Waals surface area contributed by atoms with Gasteiger partial charge in [-0.3, -0.25) is 0 Å². The van der Waals surface area contributed by atoms with E-state index in [0.29, 0.717) is 88.6 Å². The monoisotopic (exact) mass is 682 g/mol. The van der Waals surface area contributed by atoms with Gasteiger partial charge in [0, 0.05) is 65.9 Å². The molecule has 7 aromatic rings. The van der Waals surface area contributed by atoms with Gasteiger partial charge in [0.2, 0.25) is 0 Å². The van der Waals surface area contributed by atoms with Gasteiger partial charge in [-0.2, -0.15) is 0 Å². The fraction of sp³-hybridized carbons (Fsp3) is 0. The molecule has 0 unspecified atom stereocenters. The summed E-state index contributed by atoms with van der Waals surface area (Å²) in [5, 5.41) is 49.9. The third-order valence-corrected chi connectivity index (χ3v) is 9.43. The van der Waals surface area contributed by atoms with Gasteiger partial charge in [-0.25, -0.2) is 9.97 Å². The fourth-order valence-electron chi connectivity index (χ4n) is 6.97. The summed E-state index contributed by atoms with van der Waals surface area (Å²) in [5.41, 5.74) is 5.58. The number of nitrogens with one attached hydrogen (secondary N) is 2. The van der Waals surface area contributed by atoms with Crippen molar-refractivity contribution >= 4 is 67.5 Å². The maximum Gasteiger partial charge on any atom is 0.0737 e. The summed E-state index contributed by atoms with van der Waals surface area (Å²) in [4.78, 5) is 64.1. The summed E-state index contributed by atoms with van der Waals surface area (Å²) in [7, 11) is 0. The minimum absolute atomic E-state index is 0.0602. The number of nitrogens with zero attached hydrogens (tertiary/aromatic N) is 2. The van der Waals surface area contributed by atoms with E-state index in [2.05, 4.69) is 9.97 Å². The van der Waals surface area contributed by atoms with Crippen molar-refractivity contribution in [2.75, 3.05) is 0 Å². The number of aromatic amines is 2. The second kappa shape index (κ2) is 11.0. The summed E-state index contributed by atoms with van der Waals surface area (Å²) in [6, 6.07) is 24.9. The molecule has 4 aromatic carbocycles. The largest absolute Gasteiger partial charge is 0.545 e. The van der Waals surface area contributed by atoms with Crippen LogP contribution in [0.25, 0.3) is 88.6 Å². The molecule has 0 amide bonds. The average Bonchev–Trinajstić information content (AvgIpc) is 3.85. The first-order chi connectivity index (χ1) is 25.0. The maximum absolute atomic E-state index is 11.9. The van der Waals surface area contributed by atoms with Crippen LogP contribution in [0.3, 0.4) is 0 Å². The maximum atomic E-state index is 11.9. The SMILES string of the molecule is O=C([O-])c1ccc2c(c1)-c1cc3[nH]c(cc4nc(cc5[nH]c(cc-2n1)c1cc(C(=O)[O-])ccc51)-c1cc(C(=O)[O-])ccc1-4)c1cc(C(=O)[O-])ccc31. The smallest absolute Gasteiger partial charge is 0.0737 e. The van der Waals surface area contributed by atoms with Crippen molar-refractivity contribution in [2.45, 2.75) is 0 Å². The Balaban J connectivity index is 1.48. The molecule has 0 saturated heterocycles. The molecule has 12 nitrogen and oxygen atoms in total. The third-order valence-electron chi connectivity index (χ3n) is 9.43. The number of rotatable bonds is 4. The van der Waals surface area contributed by atoms with Crippen LogP contribution in [0.2, 0.25) is 0 Å². The van der Waals surface area contributed by atoms with Crippen molar-refractivity contribution < 1.29 is 39.6 Å². The number of carbonyl (C=O) groups excluding carboxylic acids is 4. The third kappa shape index (κ3) is 4.70. The van der Waals surface area contributed by atoms with Gasteiger partial charge in [-0.05, 0) is 70.8 Å². The standard InChI is InChI=1S/C40H22N4O8/c45-37(46)17-1-5-21-25(9-17)33-14-30-23-7-3-19(39(49)50)11-27(23)35(43-30)16-32-24-8-4-20(40(51)52)12-28(24)36(44-32)15-31-22-6-2-18(38(47)48)10-26(22)34(42-31)13-29(21)41-33/h1-16,41,44H,(H,45,46)(H,47,48)(H,49,50)(H,51,52)/p-4. The summed E-state index contributed by atoms with van der Waals surface area (Å²) >= 11 is 0. The Bertz CT molecular complexity index is 2790. The minimum atomic E-state index is -1.37. The predicted octanol–water partition coefficient (Wildman–Crippen LogP) is 2.74. The van der Waals surface area contributed by atoms with E-state index in [1.54, 1.807) is 48.5 Å². The van der Waals surface area contributed by atoms with E-state index in [1.807, 2.05) is 0 Å². The molecule has 0 saturated carbocycles. The zero-order valence-electron chi connectivity index (χ0n) is 26.4. The molecule has 0 radical (unpaired) electrons. The number of H-pyrrole nitrogens is 2. The van der Waals surface area contributed by atoms with E-state index in [9.17, 15) is 39.6 Å². The fourth-order valence-corrected chi connectivity index (χ4v) is 6.97. The van der Waals surface area contributed by atoms with Crippen molar-refractivity contribution in [3.63, 3.8) is 0 Å². The minimum Gasteiger partial charge on any atom is -0.545 e. The molecule has 12 heteroatoms. The number of hydrogen-bond donors (Lipinski definition) is 2. The van der Waals surface area contributed by atoms with Gasteiger partial charge in [0.25, 0.3) is 0 Å². The van der Waals surface area contributed by atoms with Crippen molar-refractivity contribution in [1.29, 1.82) is 0 Å². The molecule has 2 aliphatic heterocycles. The summed E-state index contributed by atoms with van der Waals surface area (Å²) in [6.07, 6.45) is 0. The summed E-state index contributed by atoms with van der Waals surface area (Å²) in [6.45, 7) is 0. The molecular weight excluding hydrogens is 664 g/mol. The molecule has 52 heavy (non-hydrogen) atoms. The number of hydrogen-bond acceptors (Lipinski definition) is 10. The molecule has 3 aromatic heterocycles. The molecular formula is C40H18N4O8-4. The summed E-state index contributed by atoms with van der Waals surface area (Å²) < 4.78 is 0. The van der Waals surface area contributed by atoms with Gasteiger partial charge in [0.15, 0.2) is 0 Å². The van der Waals surface area contributed by atoms with E-state index >= 15 is 0 Å². The van der Waals surface area contributed by atoms with E-state index in [4.69, 9.17) is 9.97 Å². The molecule has 2 aliphatic rings. The number of fused-ring (bicyclic) bond motifs is 20. The lowest BCUT2D eigenvalue weighted by Crippen LogP contribution is -2.22. The number of aromatic carboxylic acids is 4. The lowest BCUT2D eigenvalue weighted by atomic mass is 10.0. The summed E-state index contributed by atoms with van der Waals surface area (Å²) in [5.74, 6) is -5.49. The van der Waals surface area contributed by atoms with Crippen molar-refractivity contribution in [2.24, 2.45) is 0 Å². The first kappa shape index (κ1) is 30.5. The van der Waals surface area contributed by atoms with Crippen LogP contribution in [-0.2, 0) is 0 Å². The predicted molar refractivity (Wildman–Crippen MR) is 182 cm³/mol. The van der Waals surface area contributed by atoms with Gasteiger partial charge >= 0.3 is 0 Å². The van der Waals surface area contributed by atoms with E-state index in [0.717, 1.165) is 0 Å². The second-order valence-corrected chi connectivity index (χ2v) is 12.4. The molecule has 0 fully saturated rings. The highest BCUT2D eigenvalue weighted by Crippen LogP contribution is 2.41. The van der Waals surface area contributed by atoms with Gasteiger partial charge in [-0.1, -0.05) is 48.5 Å². The number of carboxylic acid groups (broad SMARTS) is 4. The van der Waals surface area contributed by atoms with Crippen LogP contribution in [0, 0.1) is 0 Å².